The van der Waals surface area contributed by atoms with E-state index >= 15 is 0 Å². The highest BCUT2D eigenvalue weighted by Crippen LogP contribution is 2.16. The first-order valence-electron chi connectivity index (χ1n) is 10.7. The van der Waals surface area contributed by atoms with Crippen LogP contribution >= 0.6 is 11.6 Å². The van der Waals surface area contributed by atoms with E-state index < -0.39 is 11.7 Å². The van der Waals surface area contributed by atoms with Gasteiger partial charge in [0.1, 0.15) is 12.2 Å². The molecule has 1 aliphatic heterocycles. The summed E-state index contributed by atoms with van der Waals surface area (Å²) in [5.74, 6) is 0. The van der Waals surface area contributed by atoms with E-state index in [1.165, 1.54) is 0 Å². The number of piperazine rings is 1. The highest BCUT2D eigenvalue weighted by molar-refractivity contribution is 6.30. The molecule has 0 aliphatic carbocycles. The summed E-state index contributed by atoms with van der Waals surface area (Å²) in [4.78, 5) is 28.2. The van der Waals surface area contributed by atoms with Crippen LogP contribution in [0.15, 0.2) is 48.5 Å². The average Bonchev–Trinajstić information content (AvgIpc) is 2.74. The predicted molar refractivity (Wildman–Crippen MR) is 125 cm³/mol. The minimum atomic E-state index is -0.508. The molecule has 8 heteroatoms. The fourth-order valence-corrected chi connectivity index (χ4v) is 3.38. The summed E-state index contributed by atoms with van der Waals surface area (Å²) < 4.78 is 10.7. The molecular formula is C24H30ClN3O4. The fourth-order valence-electron chi connectivity index (χ4n) is 3.25. The Morgan fingerprint density at radius 2 is 1.53 bits per heavy atom. The Morgan fingerprint density at radius 1 is 0.938 bits per heavy atom. The first-order chi connectivity index (χ1) is 15.2. The summed E-state index contributed by atoms with van der Waals surface area (Å²) in [5, 5.41) is 3.37. The molecule has 32 heavy (non-hydrogen) atoms. The van der Waals surface area contributed by atoms with Crippen molar-refractivity contribution in [2.75, 3.05) is 31.5 Å². The normalized spacial score (nSPS) is 14.7. The Balaban J connectivity index is 1.40. The second-order valence-corrected chi connectivity index (χ2v) is 9.20. The van der Waals surface area contributed by atoms with Crippen LogP contribution in [0.4, 0.5) is 15.3 Å². The van der Waals surface area contributed by atoms with Gasteiger partial charge in [0.2, 0.25) is 0 Å². The van der Waals surface area contributed by atoms with Gasteiger partial charge in [-0.2, -0.15) is 0 Å². The van der Waals surface area contributed by atoms with Crippen LogP contribution in [-0.2, 0) is 22.6 Å². The summed E-state index contributed by atoms with van der Waals surface area (Å²) in [7, 11) is 0. The standard InChI is InChI=1S/C24H30ClN3O4/c1-24(2,3)32-23(30)28-14-12-27(13-15-28)16-18-6-10-21(11-7-18)26-22(29)31-17-19-4-8-20(25)9-5-19/h4-11H,12-17H2,1-3H3,(H,26,29). The summed E-state index contributed by atoms with van der Waals surface area (Å²) in [6, 6.07) is 14.8. The number of ether oxygens (including phenoxy) is 2. The number of halogens is 1. The van der Waals surface area contributed by atoms with Gasteiger partial charge in [-0.05, 0) is 56.2 Å². The molecule has 0 aromatic heterocycles. The van der Waals surface area contributed by atoms with E-state index in [1.54, 1.807) is 17.0 Å². The smallest absolute Gasteiger partial charge is 0.411 e. The average molecular weight is 460 g/mol. The highest BCUT2D eigenvalue weighted by atomic mass is 35.5. The Kier molecular flexibility index (Phi) is 7.99. The van der Waals surface area contributed by atoms with Crippen molar-refractivity contribution in [3.63, 3.8) is 0 Å². The number of nitrogens with one attached hydrogen (secondary N) is 1. The van der Waals surface area contributed by atoms with Gasteiger partial charge in [-0.15, -0.1) is 0 Å². The van der Waals surface area contributed by atoms with E-state index in [2.05, 4.69) is 10.2 Å². The van der Waals surface area contributed by atoms with Gasteiger partial charge in [0.25, 0.3) is 0 Å². The monoisotopic (exact) mass is 459 g/mol. The van der Waals surface area contributed by atoms with Crippen molar-refractivity contribution >= 4 is 29.5 Å². The predicted octanol–water partition coefficient (Wildman–Crippen LogP) is 5.14. The van der Waals surface area contributed by atoms with Crippen molar-refractivity contribution in [3.8, 4) is 0 Å². The van der Waals surface area contributed by atoms with E-state index in [0.29, 0.717) is 23.8 Å². The van der Waals surface area contributed by atoms with Crippen LogP contribution in [0.2, 0.25) is 5.02 Å². The van der Waals surface area contributed by atoms with Gasteiger partial charge in [0.05, 0.1) is 0 Å². The number of hydrogen-bond acceptors (Lipinski definition) is 5. The quantitative estimate of drug-likeness (QED) is 0.670. The molecule has 0 saturated carbocycles. The van der Waals surface area contributed by atoms with Crippen molar-refractivity contribution < 1.29 is 19.1 Å². The van der Waals surface area contributed by atoms with Crippen molar-refractivity contribution in [2.24, 2.45) is 0 Å². The van der Waals surface area contributed by atoms with Crippen LogP contribution < -0.4 is 5.32 Å². The van der Waals surface area contributed by atoms with Gasteiger partial charge in [0.15, 0.2) is 0 Å². The van der Waals surface area contributed by atoms with Crippen LogP contribution in [0.3, 0.4) is 0 Å². The molecule has 1 aliphatic rings. The molecule has 0 unspecified atom stereocenters. The summed E-state index contributed by atoms with van der Waals surface area (Å²) in [6.07, 6.45) is -0.763. The Morgan fingerprint density at radius 3 is 2.12 bits per heavy atom. The lowest BCUT2D eigenvalue weighted by Crippen LogP contribution is -2.49. The number of nitrogens with zero attached hydrogens (tertiary/aromatic N) is 2. The summed E-state index contributed by atoms with van der Waals surface area (Å²) in [5.41, 5.74) is 2.19. The number of rotatable bonds is 5. The van der Waals surface area contributed by atoms with Crippen LogP contribution in [-0.4, -0.2) is 53.8 Å². The molecule has 0 bridgehead atoms. The molecular weight excluding hydrogens is 430 g/mol. The lowest BCUT2D eigenvalue weighted by Gasteiger charge is -2.35. The third kappa shape index (κ3) is 7.73. The van der Waals surface area contributed by atoms with Crippen LogP contribution in [0, 0.1) is 0 Å². The van der Waals surface area contributed by atoms with Crippen LogP contribution in [0.1, 0.15) is 31.9 Å². The molecule has 1 saturated heterocycles. The van der Waals surface area contributed by atoms with Crippen molar-refractivity contribution in [2.45, 2.75) is 39.5 Å². The zero-order valence-corrected chi connectivity index (χ0v) is 19.5. The Bertz CT molecular complexity index is 902. The van der Waals surface area contributed by atoms with E-state index in [4.69, 9.17) is 21.1 Å². The topological polar surface area (TPSA) is 71.1 Å². The number of amides is 2. The molecule has 2 aromatic rings. The molecule has 172 valence electrons. The summed E-state index contributed by atoms with van der Waals surface area (Å²) in [6.45, 7) is 9.45. The molecule has 1 heterocycles. The number of anilines is 1. The second kappa shape index (κ2) is 10.7. The SMILES string of the molecule is CC(C)(C)OC(=O)N1CCN(Cc2ccc(NC(=O)OCc3ccc(Cl)cc3)cc2)CC1. The number of carbonyl (C=O) groups excluding carboxylic acids is 2. The Labute approximate surface area is 194 Å². The third-order valence-electron chi connectivity index (χ3n) is 4.91. The van der Waals surface area contributed by atoms with Gasteiger partial charge in [-0.3, -0.25) is 10.2 Å². The first kappa shape index (κ1) is 23.9. The van der Waals surface area contributed by atoms with Gasteiger partial charge >= 0.3 is 12.2 Å². The number of carbonyl (C=O) groups is 2. The maximum absolute atomic E-state index is 12.2. The van der Waals surface area contributed by atoms with Gasteiger partial charge in [-0.1, -0.05) is 35.9 Å². The molecule has 0 radical (unpaired) electrons. The molecule has 1 fully saturated rings. The van der Waals surface area contributed by atoms with Crippen LogP contribution in [0.5, 0.6) is 0 Å². The minimum Gasteiger partial charge on any atom is -0.444 e. The van der Waals surface area contributed by atoms with E-state index in [0.717, 1.165) is 30.8 Å². The van der Waals surface area contributed by atoms with Crippen molar-refractivity contribution in [1.29, 1.82) is 0 Å². The van der Waals surface area contributed by atoms with Crippen molar-refractivity contribution in [3.05, 3.63) is 64.7 Å². The molecule has 0 spiro atoms. The molecule has 3 rings (SSSR count). The van der Waals surface area contributed by atoms with Gasteiger partial charge < -0.3 is 14.4 Å². The van der Waals surface area contributed by atoms with Gasteiger partial charge in [-0.25, -0.2) is 9.59 Å². The lowest BCUT2D eigenvalue weighted by atomic mass is 10.2. The van der Waals surface area contributed by atoms with Gasteiger partial charge in [0, 0.05) is 43.4 Å². The molecule has 1 N–H and O–H groups in total. The van der Waals surface area contributed by atoms with E-state index in [1.807, 2.05) is 57.2 Å². The zero-order chi connectivity index (χ0) is 23.1. The second-order valence-electron chi connectivity index (χ2n) is 8.77. The molecule has 2 amide bonds. The van der Waals surface area contributed by atoms with Crippen LogP contribution in [0.25, 0.3) is 0 Å². The molecule has 0 atom stereocenters. The van der Waals surface area contributed by atoms with Crippen molar-refractivity contribution in [1.82, 2.24) is 9.80 Å². The van der Waals surface area contributed by atoms with E-state index in [9.17, 15) is 9.59 Å². The number of benzene rings is 2. The number of hydrogen-bond donors (Lipinski definition) is 1. The highest BCUT2D eigenvalue weighted by Gasteiger charge is 2.25. The first-order valence-corrected chi connectivity index (χ1v) is 11.0. The third-order valence-corrected chi connectivity index (χ3v) is 5.17. The maximum Gasteiger partial charge on any atom is 0.411 e. The largest absolute Gasteiger partial charge is 0.444 e. The minimum absolute atomic E-state index is 0.177. The Hall–Kier alpha value is -2.77. The van der Waals surface area contributed by atoms with E-state index in [-0.39, 0.29) is 12.7 Å². The zero-order valence-electron chi connectivity index (χ0n) is 18.8. The maximum atomic E-state index is 12.2. The molecule has 7 nitrogen and oxygen atoms in total. The fraction of sp³-hybridized carbons (Fsp3) is 0.417. The lowest BCUT2D eigenvalue weighted by molar-refractivity contribution is 0.0139. The summed E-state index contributed by atoms with van der Waals surface area (Å²) >= 11 is 5.85. The molecule has 2 aromatic carbocycles.